The van der Waals surface area contributed by atoms with Crippen LogP contribution < -0.4 is 11.1 Å². The fraction of sp³-hybridized carbons (Fsp3) is 0.273. The molecule has 4 N–H and O–H groups in total. The van der Waals surface area contributed by atoms with E-state index in [0.29, 0.717) is 5.56 Å². The predicted molar refractivity (Wildman–Crippen MR) is 60.0 cm³/mol. The second-order valence-electron chi connectivity index (χ2n) is 3.84. The number of phenols is 1. The molecule has 5 nitrogen and oxygen atoms in total. The zero-order chi connectivity index (χ0) is 11.7. The molecule has 0 aromatic heterocycles. The van der Waals surface area contributed by atoms with Crippen LogP contribution in [0, 0.1) is 6.92 Å². The van der Waals surface area contributed by atoms with E-state index in [2.05, 4.69) is 10.3 Å². The molecular weight excluding hydrogens is 206 g/mol. The van der Waals surface area contributed by atoms with Crippen LogP contribution in [0.4, 0.5) is 0 Å². The van der Waals surface area contributed by atoms with Crippen molar-refractivity contribution in [2.75, 3.05) is 0 Å². The van der Waals surface area contributed by atoms with E-state index in [1.54, 1.807) is 12.1 Å². The number of hydrogen-bond acceptors (Lipinski definition) is 4. The van der Waals surface area contributed by atoms with Gasteiger partial charge in [0.05, 0.1) is 12.5 Å². The lowest BCUT2D eigenvalue weighted by Crippen LogP contribution is -2.41. The maximum absolute atomic E-state index is 11.3. The molecule has 1 aliphatic rings. The molecule has 0 fully saturated rings. The average molecular weight is 219 g/mol. The average Bonchev–Trinajstić information content (AvgIpc) is 2.20. The molecule has 1 heterocycles. The summed E-state index contributed by atoms with van der Waals surface area (Å²) in [5, 5.41) is 12.1. The molecule has 0 aliphatic carbocycles. The predicted octanol–water partition coefficient (Wildman–Crippen LogP) is 0.576. The number of guanidine groups is 1. The SMILES string of the molecule is Cc1ccc(O)c([C@H]2CC(=O)NC(N)=N2)c1. The minimum Gasteiger partial charge on any atom is -0.508 e. The van der Waals surface area contributed by atoms with Gasteiger partial charge in [-0.2, -0.15) is 0 Å². The molecular formula is C11H13N3O2. The number of carbonyl (C=O) groups is 1. The van der Waals surface area contributed by atoms with Gasteiger partial charge in [-0.15, -0.1) is 0 Å². The van der Waals surface area contributed by atoms with Gasteiger partial charge in [-0.1, -0.05) is 17.7 Å². The van der Waals surface area contributed by atoms with Gasteiger partial charge in [0.2, 0.25) is 5.91 Å². The molecule has 0 radical (unpaired) electrons. The second-order valence-corrected chi connectivity index (χ2v) is 3.84. The van der Waals surface area contributed by atoms with Gasteiger partial charge in [0.1, 0.15) is 5.75 Å². The lowest BCUT2D eigenvalue weighted by Gasteiger charge is -2.20. The molecule has 5 heteroatoms. The van der Waals surface area contributed by atoms with Gasteiger partial charge in [0.25, 0.3) is 0 Å². The van der Waals surface area contributed by atoms with Gasteiger partial charge in [-0.05, 0) is 13.0 Å². The summed E-state index contributed by atoms with van der Waals surface area (Å²) in [6.07, 6.45) is 0.206. The maximum Gasteiger partial charge on any atom is 0.229 e. The van der Waals surface area contributed by atoms with Gasteiger partial charge in [0.15, 0.2) is 5.96 Å². The highest BCUT2D eigenvalue weighted by Crippen LogP contribution is 2.31. The van der Waals surface area contributed by atoms with Crippen molar-refractivity contribution in [1.82, 2.24) is 5.32 Å². The summed E-state index contributed by atoms with van der Waals surface area (Å²) in [5.74, 6) is 0.0578. The lowest BCUT2D eigenvalue weighted by atomic mass is 10.00. The van der Waals surface area contributed by atoms with Crippen molar-refractivity contribution in [1.29, 1.82) is 0 Å². The molecule has 1 aromatic carbocycles. The first-order chi connectivity index (χ1) is 7.56. The fourth-order valence-electron chi connectivity index (χ4n) is 1.74. The van der Waals surface area contributed by atoms with Crippen LogP contribution in [0.1, 0.15) is 23.6 Å². The Morgan fingerprint density at radius 3 is 3.00 bits per heavy atom. The molecule has 0 unspecified atom stereocenters. The minimum atomic E-state index is -0.395. The molecule has 0 saturated carbocycles. The van der Waals surface area contributed by atoms with Crippen molar-refractivity contribution in [3.8, 4) is 5.75 Å². The van der Waals surface area contributed by atoms with E-state index in [1.807, 2.05) is 13.0 Å². The first kappa shape index (κ1) is 10.5. The van der Waals surface area contributed by atoms with Crippen molar-refractivity contribution >= 4 is 11.9 Å². The summed E-state index contributed by atoms with van der Waals surface area (Å²) in [6, 6.07) is 4.82. The van der Waals surface area contributed by atoms with E-state index >= 15 is 0 Å². The number of hydrogen-bond donors (Lipinski definition) is 3. The summed E-state index contributed by atoms with van der Waals surface area (Å²) in [4.78, 5) is 15.4. The van der Waals surface area contributed by atoms with Crippen molar-refractivity contribution < 1.29 is 9.90 Å². The third-order valence-electron chi connectivity index (χ3n) is 2.48. The van der Waals surface area contributed by atoms with Crippen LogP contribution in [0.3, 0.4) is 0 Å². The number of benzene rings is 1. The summed E-state index contributed by atoms with van der Waals surface area (Å²) in [5.41, 5.74) is 7.12. The Hall–Kier alpha value is -2.04. The van der Waals surface area contributed by atoms with Gasteiger partial charge in [-0.25, -0.2) is 4.99 Å². The second kappa shape index (κ2) is 3.84. The first-order valence-electron chi connectivity index (χ1n) is 4.99. The number of phenolic OH excluding ortho intramolecular Hbond substituents is 1. The van der Waals surface area contributed by atoms with Crippen molar-refractivity contribution in [3.63, 3.8) is 0 Å². The van der Waals surface area contributed by atoms with Gasteiger partial charge < -0.3 is 10.8 Å². The minimum absolute atomic E-state index is 0.0992. The lowest BCUT2D eigenvalue weighted by molar-refractivity contribution is -0.120. The van der Waals surface area contributed by atoms with Crippen LogP contribution in [-0.2, 0) is 4.79 Å². The molecule has 84 valence electrons. The van der Waals surface area contributed by atoms with Gasteiger partial charge in [0, 0.05) is 5.56 Å². The Morgan fingerprint density at radius 1 is 1.56 bits per heavy atom. The fourth-order valence-corrected chi connectivity index (χ4v) is 1.74. The Bertz CT molecular complexity index is 468. The third-order valence-corrected chi connectivity index (χ3v) is 2.48. The smallest absolute Gasteiger partial charge is 0.229 e. The number of aliphatic imine (C=N–C) groups is 1. The largest absolute Gasteiger partial charge is 0.508 e. The van der Waals surface area contributed by atoms with E-state index in [1.165, 1.54) is 0 Å². The van der Waals surface area contributed by atoms with Crippen LogP contribution in [-0.4, -0.2) is 17.0 Å². The van der Waals surface area contributed by atoms with Gasteiger partial charge >= 0.3 is 0 Å². The highest BCUT2D eigenvalue weighted by Gasteiger charge is 2.23. The van der Waals surface area contributed by atoms with Gasteiger partial charge in [-0.3, -0.25) is 10.1 Å². The number of nitrogens with one attached hydrogen (secondary N) is 1. The zero-order valence-corrected chi connectivity index (χ0v) is 8.90. The van der Waals surface area contributed by atoms with E-state index in [9.17, 15) is 9.90 Å². The van der Waals surface area contributed by atoms with Crippen molar-refractivity contribution in [3.05, 3.63) is 29.3 Å². The van der Waals surface area contributed by atoms with E-state index in [0.717, 1.165) is 5.56 Å². The number of amides is 1. The quantitative estimate of drug-likeness (QED) is 0.645. The summed E-state index contributed by atoms with van der Waals surface area (Å²) in [7, 11) is 0. The standard InChI is InChI=1S/C11H13N3O2/c1-6-2-3-9(15)7(4-6)8-5-10(16)14-11(12)13-8/h2-4,8,15H,5H2,1H3,(H3,12,13,14,16)/t8-/m1/s1. The highest BCUT2D eigenvalue weighted by molar-refractivity contribution is 5.98. The number of rotatable bonds is 1. The molecule has 1 aromatic rings. The monoisotopic (exact) mass is 219 g/mol. The van der Waals surface area contributed by atoms with E-state index in [-0.39, 0.29) is 24.0 Å². The van der Waals surface area contributed by atoms with Crippen molar-refractivity contribution in [2.24, 2.45) is 10.7 Å². The van der Waals surface area contributed by atoms with Crippen LogP contribution in [0.5, 0.6) is 5.75 Å². The summed E-state index contributed by atoms with van der Waals surface area (Å²) in [6.45, 7) is 1.92. The Labute approximate surface area is 93.0 Å². The van der Waals surface area contributed by atoms with Crippen LogP contribution >= 0.6 is 0 Å². The number of carbonyl (C=O) groups excluding carboxylic acids is 1. The molecule has 0 saturated heterocycles. The van der Waals surface area contributed by atoms with Crippen molar-refractivity contribution in [2.45, 2.75) is 19.4 Å². The maximum atomic E-state index is 11.3. The molecule has 0 spiro atoms. The van der Waals surface area contributed by atoms with Crippen LogP contribution in [0.25, 0.3) is 0 Å². The Balaban J connectivity index is 2.40. The highest BCUT2D eigenvalue weighted by atomic mass is 16.3. The normalized spacial score (nSPS) is 20.2. The molecule has 1 atom stereocenters. The van der Waals surface area contributed by atoms with E-state index in [4.69, 9.17) is 5.73 Å². The Morgan fingerprint density at radius 2 is 2.31 bits per heavy atom. The third kappa shape index (κ3) is 1.98. The molecule has 16 heavy (non-hydrogen) atoms. The number of aromatic hydroxyl groups is 1. The molecule has 0 bridgehead atoms. The topological polar surface area (TPSA) is 87.7 Å². The zero-order valence-electron chi connectivity index (χ0n) is 8.90. The number of nitrogens with zero attached hydrogens (tertiary/aromatic N) is 1. The van der Waals surface area contributed by atoms with E-state index < -0.39 is 6.04 Å². The molecule has 1 amide bonds. The first-order valence-corrected chi connectivity index (χ1v) is 4.99. The summed E-state index contributed by atoms with van der Waals surface area (Å²) >= 11 is 0. The van der Waals surface area contributed by atoms with Crippen LogP contribution in [0.15, 0.2) is 23.2 Å². The van der Waals surface area contributed by atoms with Crippen LogP contribution in [0.2, 0.25) is 0 Å². The summed E-state index contributed by atoms with van der Waals surface area (Å²) < 4.78 is 0. The Kier molecular flexibility index (Phi) is 2.52. The number of nitrogens with two attached hydrogens (primary N) is 1. The number of aryl methyl sites for hydroxylation is 1. The molecule has 2 rings (SSSR count). The molecule has 1 aliphatic heterocycles.